The van der Waals surface area contributed by atoms with Crippen LogP contribution in [-0.2, 0) is 24.5 Å². The van der Waals surface area contributed by atoms with Gasteiger partial charge in [0.1, 0.15) is 5.75 Å². The molecular formula is C26H31N3O5. The van der Waals surface area contributed by atoms with Crippen LogP contribution in [-0.4, -0.2) is 72.0 Å². The Morgan fingerprint density at radius 3 is 2.74 bits per heavy atom. The molecule has 3 heterocycles. The number of benzene rings is 1. The molecule has 3 amide bonds. The molecule has 0 bridgehead atoms. The van der Waals surface area contributed by atoms with Crippen molar-refractivity contribution in [1.29, 1.82) is 0 Å². The Morgan fingerprint density at radius 1 is 1.18 bits per heavy atom. The number of ether oxygens (including phenoxy) is 2. The second-order valence-corrected chi connectivity index (χ2v) is 8.88. The first kappa shape index (κ1) is 23.9. The van der Waals surface area contributed by atoms with E-state index >= 15 is 0 Å². The molecule has 2 aliphatic heterocycles. The molecule has 2 atom stereocenters. The zero-order valence-corrected chi connectivity index (χ0v) is 19.5. The highest BCUT2D eigenvalue weighted by Crippen LogP contribution is 2.40. The molecule has 0 N–H and O–H groups in total. The van der Waals surface area contributed by atoms with Gasteiger partial charge in [0.05, 0.1) is 24.3 Å². The number of likely N-dealkylation sites (tertiary alicyclic amines) is 2. The van der Waals surface area contributed by atoms with E-state index in [4.69, 9.17) is 9.47 Å². The molecule has 8 heteroatoms. The molecule has 0 unspecified atom stereocenters. The van der Waals surface area contributed by atoms with Crippen molar-refractivity contribution in [2.75, 3.05) is 33.4 Å². The van der Waals surface area contributed by atoms with Crippen LogP contribution >= 0.6 is 0 Å². The topological polar surface area (TPSA) is 89.0 Å². The smallest absolute Gasteiger partial charge is 0.240 e. The van der Waals surface area contributed by atoms with E-state index in [1.807, 2.05) is 30.3 Å². The highest BCUT2D eigenvalue weighted by Gasteiger charge is 2.54. The lowest BCUT2D eigenvalue weighted by Gasteiger charge is -2.35. The molecule has 0 spiro atoms. The summed E-state index contributed by atoms with van der Waals surface area (Å²) >= 11 is 0. The normalized spacial score (nSPS) is 22.8. The fourth-order valence-electron chi connectivity index (χ4n) is 4.82. The number of methoxy groups -OCH3 is 1. The summed E-state index contributed by atoms with van der Waals surface area (Å²) < 4.78 is 11.1. The van der Waals surface area contributed by atoms with Gasteiger partial charge in [-0.3, -0.25) is 24.3 Å². The van der Waals surface area contributed by atoms with E-state index in [0.717, 1.165) is 12.8 Å². The number of amides is 3. The monoisotopic (exact) mass is 465 g/mol. The quantitative estimate of drug-likeness (QED) is 0.418. The van der Waals surface area contributed by atoms with Crippen LogP contribution in [0.2, 0.25) is 0 Å². The van der Waals surface area contributed by atoms with Gasteiger partial charge in [-0.1, -0.05) is 30.3 Å². The van der Waals surface area contributed by atoms with Gasteiger partial charge in [-0.2, -0.15) is 0 Å². The molecule has 0 aliphatic carbocycles. The molecule has 2 saturated heterocycles. The second-order valence-electron chi connectivity index (χ2n) is 8.88. The average Bonchev–Trinajstić information content (AvgIpc) is 3.12. The van der Waals surface area contributed by atoms with Gasteiger partial charge in [0, 0.05) is 45.8 Å². The Hall–Kier alpha value is -3.26. The molecule has 1 aromatic heterocycles. The van der Waals surface area contributed by atoms with E-state index < -0.39 is 5.41 Å². The van der Waals surface area contributed by atoms with E-state index in [1.54, 1.807) is 36.5 Å². The molecule has 0 radical (unpaired) electrons. The summed E-state index contributed by atoms with van der Waals surface area (Å²) in [5.41, 5.74) is -0.476. The number of piperidine rings is 1. The molecule has 1 aromatic carbocycles. The van der Waals surface area contributed by atoms with Gasteiger partial charge in [-0.25, -0.2) is 0 Å². The zero-order chi connectivity index (χ0) is 24.0. The maximum atomic E-state index is 13.7. The Balaban J connectivity index is 1.47. The number of pyridine rings is 1. The second kappa shape index (κ2) is 10.8. The Kier molecular flexibility index (Phi) is 7.57. The lowest BCUT2D eigenvalue weighted by molar-refractivity contribution is -0.143. The molecular weight excluding hydrogens is 434 g/mol. The summed E-state index contributed by atoms with van der Waals surface area (Å²) in [7, 11) is 1.65. The first-order chi connectivity index (χ1) is 16.5. The van der Waals surface area contributed by atoms with Crippen LogP contribution in [0.15, 0.2) is 54.9 Å². The van der Waals surface area contributed by atoms with Crippen molar-refractivity contribution in [3.8, 4) is 5.75 Å². The molecule has 0 saturated carbocycles. The van der Waals surface area contributed by atoms with Crippen LogP contribution in [0.1, 0.15) is 37.7 Å². The zero-order valence-electron chi connectivity index (χ0n) is 19.5. The highest BCUT2D eigenvalue weighted by molar-refractivity contribution is 6.10. The minimum Gasteiger partial charge on any atom is -0.492 e. The molecule has 2 fully saturated rings. The van der Waals surface area contributed by atoms with Gasteiger partial charge >= 0.3 is 0 Å². The number of carbonyl (C=O) groups excluding carboxylic acids is 3. The standard InChI is InChI=1S/C26H31N3O5/c1-33-22-11-6-13-28(19-22)23(30)16-26(20-8-3-2-4-9-20)17-24(31)29(25(26)32)14-7-15-34-21-10-5-12-27-18-21/h2-5,8-10,12,18,22H,6-7,11,13-17,19H2,1H3/t22-,26-/m0/s1. The van der Waals surface area contributed by atoms with Crippen molar-refractivity contribution in [3.05, 3.63) is 60.4 Å². The van der Waals surface area contributed by atoms with Crippen LogP contribution in [0.5, 0.6) is 5.75 Å². The van der Waals surface area contributed by atoms with E-state index in [1.165, 1.54) is 4.90 Å². The van der Waals surface area contributed by atoms with E-state index in [2.05, 4.69) is 4.98 Å². The largest absolute Gasteiger partial charge is 0.492 e. The van der Waals surface area contributed by atoms with Crippen molar-refractivity contribution in [3.63, 3.8) is 0 Å². The van der Waals surface area contributed by atoms with Crippen molar-refractivity contribution < 1.29 is 23.9 Å². The summed E-state index contributed by atoms with van der Waals surface area (Å²) in [5, 5.41) is 0. The summed E-state index contributed by atoms with van der Waals surface area (Å²) in [6, 6.07) is 12.8. The minimum atomic E-state index is -1.18. The van der Waals surface area contributed by atoms with Crippen molar-refractivity contribution in [2.24, 2.45) is 0 Å². The number of hydrogen-bond donors (Lipinski definition) is 0. The predicted octanol–water partition coefficient (Wildman–Crippen LogP) is 2.57. The molecule has 34 heavy (non-hydrogen) atoms. The fraction of sp³-hybridized carbons (Fsp3) is 0.462. The van der Waals surface area contributed by atoms with E-state index in [-0.39, 0.29) is 43.2 Å². The van der Waals surface area contributed by atoms with Crippen LogP contribution in [0.3, 0.4) is 0 Å². The number of nitrogens with zero attached hydrogens (tertiary/aromatic N) is 3. The van der Waals surface area contributed by atoms with E-state index in [0.29, 0.717) is 37.4 Å². The predicted molar refractivity (Wildman–Crippen MR) is 125 cm³/mol. The fourth-order valence-corrected chi connectivity index (χ4v) is 4.82. The summed E-state index contributed by atoms with van der Waals surface area (Å²) in [5.74, 6) is -0.0367. The average molecular weight is 466 g/mol. The number of aromatic nitrogens is 1. The van der Waals surface area contributed by atoms with Crippen molar-refractivity contribution in [2.45, 2.75) is 43.6 Å². The number of carbonyl (C=O) groups is 3. The van der Waals surface area contributed by atoms with Gasteiger partial charge in [-0.05, 0) is 37.0 Å². The van der Waals surface area contributed by atoms with Crippen LogP contribution < -0.4 is 4.74 Å². The van der Waals surface area contributed by atoms with E-state index in [9.17, 15) is 14.4 Å². The maximum Gasteiger partial charge on any atom is 0.240 e. The molecule has 2 aromatic rings. The van der Waals surface area contributed by atoms with Gasteiger partial charge < -0.3 is 14.4 Å². The lowest BCUT2D eigenvalue weighted by atomic mass is 9.75. The molecule has 8 nitrogen and oxygen atoms in total. The van der Waals surface area contributed by atoms with Gasteiger partial charge in [0.2, 0.25) is 17.7 Å². The number of hydrogen-bond acceptors (Lipinski definition) is 6. The third-order valence-electron chi connectivity index (χ3n) is 6.68. The lowest BCUT2D eigenvalue weighted by Crippen LogP contribution is -2.47. The molecule has 2 aliphatic rings. The highest BCUT2D eigenvalue weighted by atomic mass is 16.5. The molecule has 4 rings (SSSR count). The maximum absolute atomic E-state index is 13.7. The number of rotatable bonds is 9. The molecule has 180 valence electrons. The van der Waals surface area contributed by atoms with Crippen molar-refractivity contribution >= 4 is 17.7 Å². The summed E-state index contributed by atoms with van der Waals surface area (Å²) in [4.78, 5) is 47.1. The van der Waals surface area contributed by atoms with Crippen LogP contribution in [0.25, 0.3) is 0 Å². The summed E-state index contributed by atoms with van der Waals surface area (Å²) in [6.07, 6.45) is 5.52. The third-order valence-corrected chi connectivity index (χ3v) is 6.68. The van der Waals surface area contributed by atoms with Crippen LogP contribution in [0.4, 0.5) is 0 Å². The Bertz CT molecular complexity index is 1000. The Morgan fingerprint density at radius 2 is 2.00 bits per heavy atom. The first-order valence-corrected chi connectivity index (χ1v) is 11.8. The van der Waals surface area contributed by atoms with Crippen LogP contribution in [0, 0.1) is 0 Å². The first-order valence-electron chi connectivity index (χ1n) is 11.8. The van der Waals surface area contributed by atoms with Gasteiger partial charge in [0.25, 0.3) is 0 Å². The summed E-state index contributed by atoms with van der Waals surface area (Å²) in [6.45, 7) is 1.75. The Labute approximate surface area is 199 Å². The minimum absolute atomic E-state index is 0.00241. The van der Waals surface area contributed by atoms with Gasteiger partial charge in [0.15, 0.2) is 0 Å². The third kappa shape index (κ3) is 5.12. The number of imide groups is 1. The SMILES string of the molecule is CO[C@H]1CCCN(C(=O)C[C@@]2(c3ccccc3)CC(=O)N(CCCOc3cccnc3)C2=O)C1. The van der Waals surface area contributed by atoms with Crippen molar-refractivity contribution in [1.82, 2.24) is 14.8 Å². The van der Waals surface area contributed by atoms with Gasteiger partial charge in [-0.15, -0.1) is 0 Å².